The van der Waals surface area contributed by atoms with Crippen molar-refractivity contribution in [1.29, 1.82) is 0 Å². The van der Waals surface area contributed by atoms with Crippen LogP contribution < -0.4 is 10.5 Å². The molecule has 0 aliphatic carbocycles. The Balaban J connectivity index is 1.88. The minimum atomic E-state index is -3.89. The van der Waals surface area contributed by atoms with Gasteiger partial charge < -0.3 is 19.9 Å². The van der Waals surface area contributed by atoms with Crippen molar-refractivity contribution < 1.29 is 27.1 Å². The molecule has 1 aliphatic rings. The highest BCUT2D eigenvalue weighted by molar-refractivity contribution is 7.89. The first-order chi connectivity index (χ1) is 17.1. The molecule has 0 saturated carbocycles. The third-order valence-electron chi connectivity index (χ3n) is 6.17. The highest BCUT2D eigenvalue weighted by atomic mass is 32.2. The van der Waals surface area contributed by atoms with Crippen molar-refractivity contribution in [2.45, 2.75) is 64.1 Å². The molecule has 202 valence electrons. The number of amides is 2. The van der Waals surface area contributed by atoms with Gasteiger partial charge in [0, 0.05) is 31.4 Å². The molecule has 0 bridgehead atoms. The summed E-state index contributed by atoms with van der Waals surface area (Å²) in [5.41, 5.74) is 1.30. The minimum Gasteiger partial charge on any atom is -0.444 e. The number of hydrogen-bond donors (Lipinski definition) is 2. The fraction of sp³-hybridized carbons (Fsp3) is 0.462. The topological polar surface area (TPSA) is 122 Å². The second kappa shape index (κ2) is 10.7. The number of aryl methyl sites for hydroxylation is 2. The molecule has 1 unspecified atom stereocenters. The Morgan fingerprint density at radius 2 is 1.78 bits per heavy atom. The van der Waals surface area contributed by atoms with E-state index in [4.69, 9.17) is 9.88 Å². The van der Waals surface area contributed by atoms with Crippen LogP contribution in [-0.4, -0.2) is 61.5 Å². The van der Waals surface area contributed by atoms with E-state index in [1.165, 1.54) is 24.3 Å². The lowest BCUT2D eigenvalue weighted by atomic mass is 10.0. The number of piperazine rings is 1. The monoisotopic (exact) mass is 534 g/mol. The molecule has 0 aromatic heterocycles. The Morgan fingerprint density at radius 3 is 2.32 bits per heavy atom. The van der Waals surface area contributed by atoms with Crippen molar-refractivity contribution in [2.24, 2.45) is 5.14 Å². The van der Waals surface area contributed by atoms with Crippen LogP contribution in [0.2, 0.25) is 0 Å². The number of nitrogens with two attached hydrogens (primary N) is 1. The van der Waals surface area contributed by atoms with Gasteiger partial charge in [0.2, 0.25) is 15.9 Å². The predicted octanol–water partition coefficient (Wildman–Crippen LogP) is 3.71. The van der Waals surface area contributed by atoms with Crippen LogP contribution in [-0.2, 0) is 19.6 Å². The van der Waals surface area contributed by atoms with E-state index in [9.17, 15) is 22.4 Å². The number of carbonyl (C=O) groups is 2. The van der Waals surface area contributed by atoms with Crippen LogP contribution in [0.25, 0.3) is 0 Å². The zero-order valence-electron chi connectivity index (χ0n) is 22.0. The lowest BCUT2D eigenvalue weighted by Crippen LogP contribution is -2.57. The molecule has 3 N–H and O–H groups in total. The maximum absolute atomic E-state index is 14.5. The van der Waals surface area contributed by atoms with Gasteiger partial charge in [-0.15, -0.1) is 0 Å². The average Bonchev–Trinajstić information content (AvgIpc) is 2.77. The van der Waals surface area contributed by atoms with Crippen molar-refractivity contribution in [3.63, 3.8) is 0 Å². The van der Waals surface area contributed by atoms with Crippen LogP contribution in [0.3, 0.4) is 0 Å². The van der Waals surface area contributed by atoms with Crippen LogP contribution in [0.15, 0.2) is 41.3 Å². The van der Waals surface area contributed by atoms with Crippen LogP contribution >= 0.6 is 0 Å². The molecule has 9 nitrogen and oxygen atoms in total. The maximum atomic E-state index is 14.5. The largest absolute Gasteiger partial charge is 0.444 e. The van der Waals surface area contributed by atoms with E-state index in [1.54, 1.807) is 56.6 Å². The molecule has 1 heterocycles. The summed E-state index contributed by atoms with van der Waals surface area (Å²) in [7, 11) is -3.89. The van der Waals surface area contributed by atoms with Gasteiger partial charge in [-0.2, -0.15) is 0 Å². The number of halogens is 1. The summed E-state index contributed by atoms with van der Waals surface area (Å²) < 4.78 is 43.4. The summed E-state index contributed by atoms with van der Waals surface area (Å²) in [5.74, 6) is -0.740. The fourth-order valence-electron chi connectivity index (χ4n) is 4.14. The second-order valence-corrected chi connectivity index (χ2v) is 12.0. The van der Waals surface area contributed by atoms with Gasteiger partial charge in [-0.05, 0) is 82.5 Å². The van der Waals surface area contributed by atoms with Crippen LogP contribution in [0.4, 0.5) is 14.9 Å². The van der Waals surface area contributed by atoms with Gasteiger partial charge in [0.15, 0.2) is 0 Å². The number of ether oxygens (including phenoxy) is 1. The first-order valence-electron chi connectivity index (χ1n) is 12.0. The third-order valence-corrected chi connectivity index (χ3v) is 7.08. The first kappa shape index (κ1) is 28.4. The Bertz CT molecular complexity index is 1290. The summed E-state index contributed by atoms with van der Waals surface area (Å²) >= 11 is 0. The van der Waals surface area contributed by atoms with Crippen LogP contribution in [0, 0.1) is 19.7 Å². The highest BCUT2D eigenvalue weighted by Crippen LogP contribution is 2.28. The molecule has 11 heteroatoms. The SMILES string of the molecule is Cc1ccc(C(Nc2ccc(S(N)(=O)=O)cc2C)C(=O)N2CCN(C(=O)OC(C)(C)C)[C@H](C)C2)cc1F. The summed E-state index contributed by atoms with van der Waals surface area (Å²) in [6.45, 7) is 11.4. The zero-order valence-corrected chi connectivity index (χ0v) is 22.9. The molecular formula is C26H35FN4O5S. The molecule has 0 spiro atoms. The minimum absolute atomic E-state index is 0.0492. The zero-order chi connectivity index (χ0) is 27.7. The number of anilines is 1. The first-order valence-corrected chi connectivity index (χ1v) is 13.6. The van der Waals surface area contributed by atoms with E-state index < -0.39 is 33.6 Å². The summed E-state index contributed by atoms with van der Waals surface area (Å²) in [4.78, 5) is 29.6. The third kappa shape index (κ3) is 6.98. The Labute approximate surface area is 217 Å². The molecule has 1 fully saturated rings. The summed E-state index contributed by atoms with van der Waals surface area (Å²) in [6, 6.07) is 7.66. The molecule has 2 aromatic carbocycles. The molecule has 37 heavy (non-hydrogen) atoms. The van der Waals surface area contributed by atoms with E-state index in [-0.39, 0.29) is 29.9 Å². The number of nitrogens with one attached hydrogen (secondary N) is 1. The number of nitrogens with zero attached hydrogens (tertiary/aromatic N) is 2. The predicted molar refractivity (Wildman–Crippen MR) is 139 cm³/mol. The number of benzene rings is 2. The quantitative estimate of drug-likeness (QED) is 0.603. The molecule has 3 rings (SSSR count). The lowest BCUT2D eigenvalue weighted by molar-refractivity contribution is -0.135. The summed E-state index contributed by atoms with van der Waals surface area (Å²) in [6.07, 6.45) is -0.437. The van der Waals surface area contributed by atoms with Gasteiger partial charge in [-0.1, -0.05) is 12.1 Å². The molecule has 2 amide bonds. The number of hydrogen-bond acceptors (Lipinski definition) is 6. The molecule has 0 radical (unpaired) electrons. The van der Waals surface area contributed by atoms with Crippen molar-refractivity contribution >= 4 is 27.7 Å². The van der Waals surface area contributed by atoms with Crippen molar-refractivity contribution in [1.82, 2.24) is 9.80 Å². The van der Waals surface area contributed by atoms with Crippen molar-refractivity contribution in [2.75, 3.05) is 25.0 Å². The number of rotatable bonds is 5. The lowest BCUT2D eigenvalue weighted by Gasteiger charge is -2.41. The van der Waals surface area contributed by atoms with Gasteiger partial charge in [0.25, 0.3) is 0 Å². The van der Waals surface area contributed by atoms with E-state index in [2.05, 4.69) is 5.32 Å². The van der Waals surface area contributed by atoms with Crippen LogP contribution in [0.1, 0.15) is 50.4 Å². The molecule has 2 aromatic rings. The number of primary sulfonamides is 1. The van der Waals surface area contributed by atoms with Gasteiger partial charge in [0.05, 0.1) is 4.90 Å². The Kier molecular flexibility index (Phi) is 8.18. The van der Waals surface area contributed by atoms with Gasteiger partial charge in [0.1, 0.15) is 17.5 Å². The average molecular weight is 535 g/mol. The highest BCUT2D eigenvalue weighted by Gasteiger charge is 2.35. The number of sulfonamides is 1. The normalized spacial score (nSPS) is 17.4. The smallest absolute Gasteiger partial charge is 0.410 e. The maximum Gasteiger partial charge on any atom is 0.410 e. The molecule has 1 saturated heterocycles. The Hall–Kier alpha value is -3.18. The van der Waals surface area contributed by atoms with Crippen LogP contribution in [0.5, 0.6) is 0 Å². The fourth-order valence-corrected chi connectivity index (χ4v) is 4.74. The standard InChI is InChI=1S/C26H35FN4O5S/c1-16-7-8-19(14-21(16)27)23(29-22-10-9-20(13-17(22)2)37(28,34)35)24(32)30-11-12-31(18(3)15-30)25(33)36-26(4,5)6/h7-10,13-14,18,23,29H,11-12,15H2,1-6H3,(H2,28,34,35)/t18-,23?/m1/s1. The molecule has 2 atom stereocenters. The van der Waals surface area contributed by atoms with Gasteiger partial charge in [-0.3, -0.25) is 4.79 Å². The Morgan fingerprint density at radius 1 is 1.11 bits per heavy atom. The number of carbonyl (C=O) groups excluding carboxylic acids is 2. The summed E-state index contributed by atoms with van der Waals surface area (Å²) in [5, 5.41) is 8.40. The second-order valence-electron chi connectivity index (χ2n) is 10.4. The molecular weight excluding hydrogens is 499 g/mol. The van der Waals surface area contributed by atoms with Gasteiger partial charge in [-0.25, -0.2) is 22.7 Å². The van der Waals surface area contributed by atoms with E-state index in [1.807, 2.05) is 6.92 Å². The van der Waals surface area contributed by atoms with Gasteiger partial charge >= 0.3 is 6.09 Å². The van der Waals surface area contributed by atoms with E-state index in [0.29, 0.717) is 28.9 Å². The van der Waals surface area contributed by atoms with E-state index in [0.717, 1.165) is 0 Å². The molecule has 1 aliphatic heterocycles. The van der Waals surface area contributed by atoms with Crippen molar-refractivity contribution in [3.8, 4) is 0 Å². The van der Waals surface area contributed by atoms with Crippen molar-refractivity contribution in [3.05, 3.63) is 58.9 Å². The van der Waals surface area contributed by atoms with E-state index >= 15 is 0 Å².